The van der Waals surface area contributed by atoms with E-state index >= 15 is 0 Å². The van der Waals surface area contributed by atoms with Gasteiger partial charge in [-0.25, -0.2) is 13.7 Å². The molecule has 1 fully saturated rings. The van der Waals surface area contributed by atoms with E-state index in [1.807, 2.05) is 18.2 Å². The first kappa shape index (κ1) is 64.9. The molecular formula is C47H83O19P3. The second kappa shape index (κ2) is 38.5. The van der Waals surface area contributed by atoms with Gasteiger partial charge >= 0.3 is 35.4 Å². The summed E-state index contributed by atoms with van der Waals surface area (Å²) in [6, 6.07) is 0. The Balaban J connectivity index is 2.77. The molecule has 8 N–H and O–H groups in total. The molecule has 0 aliphatic heterocycles. The number of aliphatic hydroxyl groups excluding tert-OH is 3. The number of hydrogen-bond acceptors (Lipinski definition) is 14. The normalized spacial score (nSPS) is 21.8. The quantitative estimate of drug-likeness (QED) is 0.0122. The molecule has 22 heteroatoms. The average Bonchev–Trinajstić information content (AvgIpc) is 3.28. The van der Waals surface area contributed by atoms with E-state index in [9.17, 15) is 63.1 Å². The van der Waals surface area contributed by atoms with E-state index in [1.165, 1.54) is 70.6 Å². The fourth-order valence-corrected chi connectivity index (χ4v) is 9.25. The number of carbonyl (C=O) groups excluding carboxylic acids is 2. The first-order chi connectivity index (χ1) is 32.8. The van der Waals surface area contributed by atoms with Crippen LogP contribution in [0.5, 0.6) is 0 Å². The summed E-state index contributed by atoms with van der Waals surface area (Å²) in [6.45, 7) is 2.86. The topological polar surface area (TPSA) is 303 Å². The van der Waals surface area contributed by atoms with Crippen molar-refractivity contribution in [2.75, 3.05) is 13.2 Å². The summed E-state index contributed by atoms with van der Waals surface area (Å²) in [5.41, 5.74) is 0. The highest BCUT2D eigenvalue weighted by atomic mass is 31.2. The molecule has 8 atom stereocenters. The highest BCUT2D eigenvalue weighted by molar-refractivity contribution is 7.47. The van der Waals surface area contributed by atoms with Crippen LogP contribution in [-0.4, -0.2) is 108 Å². The minimum absolute atomic E-state index is 0.0650. The maximum Gasteiger partial charge on any atom is 0.472 e. The standard InChI is InChI=1S/C47H83O19P3/c1-3-5-7-9-11-13-15-17-18-19-20-21-22-24-26-28-30-32-34-36-41(49)63-39(37-61-40(48)35-33-31-29-27-25-23-16-14-12-10-8-6-4-2)38-62-69(59,60)66-45-42(50)43(51)46(64-67(53,54)55)47(44(45)52)65-68(56,57)58/h11,13,17-18,20-21,24,26,30,32,39,42-47,50-52H,3-10,12,14-16,19,22-23,25,27-29,31,33-38H2,1-2H3,(H,59,60)(H2,53,54,55)(H2,56,57,58)/t39-,42?,43?,44?,45+,46?,47+/m1/s1. The molecule has 1 aliphatic rings. The van der Waals surface area contributed by atoms with E-state index in [2.05, 4.69) is 59.4 Å². The predicted octanol–water partition coefficient (Wildman–Crippen LogP) is 9.18. The third-order valence-corrected chi connectivity index (χ3v) is 12.9. The Morgan fingerprint density at radius 3 is 1.35 bits per heavy atom. The van der Waals surface area contributed by atoms with Gasteiger partial charge in [-0.2, -0.15) is 0 Å². The van der Waals surface area contributed by atoms with Crippen LogP contribution in [0.3, 0.4) is 0 Å². The SMILES string of the molecule is CCCCCC=CCC=CCC=CCC=CCC=CCCC(=O)O[C@H](COC(=O)CCCCCCCCCCCCCCC)COP(=O)(O)O[C@H]1C(O)C(O)C(OP(=O)(O)O)[C@@H](OP(=O)(O)O)C1O. The van der Waals surface area contributed by atoms with Gasteiger partial charge < -0.3 is 49.3 Å². The Morgan fingerprint density at radius 2 is 0.870 bits per heavy atom. The van der Waals surface area contributed by atoms with Crippen LogP contribution in [0, 0.1) is 0 Å². The van der Waals surface area contributed by atoms with Crippen molar-refractivity contribution in [2.45, 2.75) is 211 Å². The summed E-state index contributed by atoms with van der Waals surface area (Å²) >= 11 is 0. The third-order valence-electron chi connectivity index (χ3n) is 10.8. The van der Waals surface area contributed by atoms with Crippen LogP contribution in [0.1, 0.15) is 168 Å². The fourth-order valence-electron chi connectivity index (χ4n) is 7.15. The number of allylic oxidation sites excluding steroid dienone is 10. The summed E-state index contributed by atoms with van der Waals surface area (Å²) in [4.78, 5) is 73.2. The van der Waals surface area contributed by atoms with Crippen molar-refractivity contribution in [3.8, 4) is 0 Å². The van der Waals surface area contributed by atoms with Crippen molar-refractivity contribution in [2.24, 2.45) is 0 Å². The Hall–Kier alpha value is -2.15. The van der Waals surface area contributed by atoms with Gasteiger partial charge in [0.1, 0.15) is 43.2 Å². The van der Waals surface area contributed by atoms with Gasteiger partial charge in [0.2, 0.25) is 0 Å². The van der Waals surface area contributed by atoms with E-state index in [4.69, 9.17) is 18.5 Å². The Labute approximate surface area is 409 Å². The van der Waals surface area contributed by atoms with Crippen LogP contribution in [0.25, 0.3) is 0 Å². The zero-order valence-corrected chi connectivity index (χ0v) is 43.3. The summed E-state index contributed by atoms with van der Waals surface area (Å²) < 4.78 is 65.4. The van der Waals surface area contributed by atoms with Crippen molar-refractivity contribution < 1.29 is 90.6 Å². The lowest BCUT2D eigenvalue weighted by Gasteiger charge is -2.44. The van der Waals surface area contributed by atoms with Gasteiger partial charge in [0.25, 0.3) is 0 Å². The van der Waals surface area contributed by atoms with Gasteiger partial charge in [0.15, 0.2) is 6.10 Å². The van der Waals surface area contributed by atoms with E-state index in [0.717, 1.165) is 51.4 Å². The molecule has 0 aromatic rings. The molecular weight excluding hydrogens is 961 g/mol. The molecule has 5 unspecified atom stereocenters. The van der Waals surface area contributed by atoms with Gasteiger partial charge in [-0.15, -0.1) is 0 Å². The van der Waals surface area contributed by atoms with Crippen LogP contribution >= 0.6 is 23.5 Å². The molecule has 0 aromatic carbocycles. The van der Waals surface area contributed by atoms with Crippen molar-refractivity contribution in [3.05, 3.63) is 60.8 Å². The number of aliphatic hydroxyl groups is 3. The fraction of sp³-hybridized carbons (Fsp3) is 0.745. The second-order valence-electron chi connectivity index (χ2n) is 17.0. The summed E-state index contributed by atoms with van der Waals surface area (Å²) in [7, 11) is -16.6. The third kappa shape index (κ3) is 34.8. The number of rotatable bonds is 41. The molecule has 0 radical (unpaired) electrons. The minimum atomic E-state index is -5.61. The highest BCUT2D eigenvalue weighted by Crippen LogP contribution is 2.51. The van der Waals surface area contributed by atoms with Crippen LogP contribution in [-0.2, 0) is 50.9 Å². The predicted molar refractivity (Wildman–Crippen MR) is 261 cm³/mol. The first-order valence-electron chi connectivity index (χ1n) is 24.6. The largest absolute Gasteiger partial charge is 0.472 e. The summed E-state index contributed by atoms with van der Waals surface area (Å²) in [5, 5.41) is 31.9. The van der Waals surface area contributed by atoms with E-state index in [1.54, 1.807) is 6.08 Å². The van der Waals surface area contributed by atoms with Crippen LogP contribution in [0.4, 0.5) is 0 Å². The molecule has 0 heterocycles. The molecule has 1 saturated carbocycles. The molecule has 69 heavy (non-hydrogen) atoms. The Kier molecular flexibility index (Phi) is 36.2. The van der Waals surface area contributed by atoms with Gasteiger partial charge in [-0.1, -0.05) is 164 Å². The molecule has 1 aliphatic carbocycles. The Morgan fingerprint density at radius 1 is 0.464 bits per heavy atom. The van der Waals surface area contributed by atoms with Crippen LogP contribution in [0.15, 0.2) is 60.8 Å². The van der Waals surface area contributed by atoms with Gasteiger partial charge in [0.05, 0.1) is 6.61 Å². The monoisotopic (exact) mass is 1040 g/mol. The molecule has 400 valence electrons. The maximum atomic E-state index is 13.1. The molecule has 0 saturated heterocycles. The maximum absolute atomic E-state index is 13.1. The average molecular weight is 1050 g/mol. The first-order valence-corrected chi connectivity index (χ1v) is 29.1. The van der Waals surface area contributed by atoms with Crippen molar-refractivity contribution in [1.29, 1.82) is 0 Å². The molecule has 19 nitrogen and oxygen atoms in total. The summed E-state index contributed by atoms with van der Waals surface area (Å²) in [5.74, 6) is -1.39. The van der Waals surface area contributed by atoms with Gasteiger partial charge in [-0.3, -0.25) is 27.7 Å². The number of carbonyl (C=O) groups is 2. The number of ether oxygens (including phenoxy) is 2. The lowest BCUT2D eigenvalue weighted by atomic mass is 9.85. The molecule has 0 bridgehead atoms. The minimum Gasteiger partial charge on any atom is -0.462 e. The van der Waals surface area contributed by atoms with Crippen molar-refractivity contribution in [3.63, 3.8) is 0 Å². The highest BCUT2D eigenvalue weighted by Gasteiger charge is 2.56. The number of phosphoric acid groups is 3. The molecule has 0 spiro atoms. The molecule has 0 aromatic heterocycles. The molecule has 1 rings (SSSR count). The van der Waals surface area contributed by atoms with Gasteiger partial charge in [-0.05, 0) is 51.4 Å². The second-order valence-corrected chi connectivity index (χ2v) is 20.8. The molecule has 0 amide bonds. The lowest BCUT2D eigenvalue weighted by molar-refractivity contribution is -0.213. The van der Waals surface area contributed by atoms with E-state index < -0.39 is 91.3 Å². The van der Waals surface area contributed by atoms with Crippen LogP contribution in [0.2, 0.25) is 0 Å². The zero-order chi connectivity index (χ0) is 51.4. The van der Waals surface area contributed by atoms with Crippen molar-refractivity contribution >= 4 is 35.4 Å². The number of phosphoric ester groups is 3. The van der Waals surface area contributed by atoms with E-state index in [-0.39, 0.29) is 19.3 Å². The smallest absolute Gasteiger partial charge is 0.462 e. The van der Waals surface area contributed by atoms with E-state index in [0.29, 0.717) is 12.8 Å². The number of esters is 2. The Bertz CT molecular complexity index is 1670. The van der Waals surface area contributed by atoms with Gasteiger partial charge in [0, 0.05) is 12.8 Å². The number of hydrogen-bond donors (Lipinski definition) is 8. The lowest BCUT2D eigenvalue weighted by Crippen LogP contribution is -2.65. The van der Waals surface area contributed by atoms with Crippen molar-refractivity contribution in [1.82, 2.24) is 0 Å². The van der Waals surface area contributed by atoms with Crippen LogP contribution < -0.4 is 0 Å². The summed E-state index contributed by atoms with van der Waals surface area (Å²) in [6.07, 6.45) is 26.8. The zero-order valence-electron chi connectivity index (χ0n) is 40.6. The number of unbranched alkanes of at least 4 members (excludes halogenated alkanes) is 15.